The van der Waals surface area contributed by atoms with E-state index in [1.165, 1.54) is 25.7 Å². The molecule has 1 saturated carbocycles. The Morgan fingerprint density at radius 1 is 1.18 bits per heavy atom. The average Bonchev–Trinajstić information content (AvgIpc) is 2.55. The molecule has 0 bridgehead atoms. The fraction of sp³-hybridized carbons (Fsp3) is 0.667. The molecule has 0 aliphatic heterocycles. The first-order valence-electron chi connectivity index (χ1n) is 8.29. The average molecular weight is 307 g/mol. The van der Waals surface area contributed by atoms with Crippen molar-refractivity contribution in [2.45, 2.75) is 51.4 Å². The molecule has 1 aliphatic carbocycles. The molecule has 1 aromatic rings. The summed E-state index contributed by atoms with van der Waals surface area (Å²) >= 11 is 0. The second kappa shape index (κ2) is 9.13. The first kappa shape index (κ1) is 17.3. The molecule has 22 heavy (non-hydrogen) atoms. The third kappa shape index (κ3) is 5.95. The molecule has 1 fully saturated rings. The molecule has 0 spiro atoms. The fourth-order valence-corrected chi connectivity index (χ4v) is 2.86. The van der Waals surface area contributed by atoms with E-state index in [1.807, 2.05) is 24.3 Å². The van der Waals surface area contributed by atoms with Crippen molar-refractivity contribution in [1.29, 1.82) is 0 Å². The van der Waals surface area contributed by atoms with Crippen LogP contribution in [0.2, 0.25) is 0 Å². The zero-order valence-corrected chi connectivity index (χ0v) is 13.8. The Hall–Kier alpha value is -1.10. The number of hydrogen-bond acceptors (Lipinski definition) is 4. The highest BCUT2D eigenvalue weighted by Crippen LogP contribution is 2.23. The molecular weight excluding hydrogens is 278 g/mol. The minimum Gasteiger partial charge on any atom is -0.497 e. The van der Waals surface area contributed by atoms with Gasteiger partial charge in [0.1, 0.15) is 5.75 Å². The standard InChI is InChI=1S/C18H29NO3/c1-14-3-7-16(8-4-14)19-11-17(20)13-22-12-15-5-9-18(21-2)10-6-15/h5-6,9-10,14,16-17,19-20H,3-4,7-8,11-13H2,1-2H3/t14?,16?,17-/m0/s1. The van der Waals surface area contributed by atoms with E-state index in [9.17, 15) is 5.11 Å². The maximum atomic E-state index is 9.98. The molecule has 1 aromatic carbocycles. The van der Waals surface area contributed by atoms with Crippen molar-refractivity contribution in [3.8, 4) is 5.75 Å². The molecule has 0 amide bonds. The van der Waals surface area contributed by atoms with Crippen LogP contribution in [0, 0.1) is 5.92 Å². The SMILES string of the molecule is COc1ccc(COC[C@@H](O)CNC2CCC(C)CC2)cc1. The molecule has 4 nitrogen and oxygen atoms in total. The molecule has 2 rings (SSSR count). The lowest BCUT2D eigenvalue weighted by molar-refractivity contribution is 0.0268. The van der Waals surface area contributed by atoms with E-state index in [1.54, 1.807) is 7.11 Å². The van der Waals surface area contributed by atoms with E-state index in [2.05, 4.69) is 12.2 Å². The summed E-state index contributed by atoms with van der Waals surface area (Å²) in [6.07, 6.45) is 4.59. The molecule has 124 valence electrons. The fourth-order valence-electron chi connectivity index (χ4n) is 2.86. The molecule has 0 radical (unpaired) electrons. The van der Waals surface area contributed by atoms with Gasteiger partial charge in [0.2, 0.25) is 0 Å². The van der Waals surface area contributed by atoms with Crippen molar-refractivity contribution in [3.05, 3.63) is 29.8 Å². The van der Waals surface area contributed by atoms with Crippen LogP contribution >= 0.6 is 0 Å². The van der Waals surface area contributed by atoms with E-state index in [0.29, 0.717) is 25.8 Å². The van der Waals surface area contributed by atoms with Crippen LogP contribution in [-0.4, -0.2) is 37.5 Å². The Balaban J connectivity index is 1.58. The van der Waals surface area contributed by atoms with Crippen molar-refractivity contribution in [1.82, 2.24) is 5.32 Å². The van der Waals surface area contributed by atoms with Crippen LogP contribution in [0.15, 0.2) is 24.3 Å². The molecule has 4 heteroatoms. The summed E-state index contributed by atoms with van der Waals surface area (Å²) in [6, 6.07) is 8.35. The molecule has 1 aliphatic rings. The maximum absolute atomic E-state index is 9.98. The summed E-state index contributed by atoms with van der Waals surface area (Å²) in [6.45, 7) is 3.81. The zero-order chi connectivity index (χ0) is 15.8. The smallest absolute Gasteiger partial charge is 0.118 e. The molecule has 0 saturated heterocycles. The minimum absolute atomic E-state index is 0.363. The second-order valence-corrected chi connectivity index (χ2v) is 6.38. The number of rotatable bonds is 8. The van der Waals surface area contributed by atoms with Gasteiger partial charge in [0.15, 0.2) is 0 Å². The van der Waals surface area contributed by atoms with Crippen LogP contribution in [0.4, 0.5) is 0 Å². The lowest BCUT2D eigenvalue weighted by Crippen LogP contribution is -2.39. The van der Waals surface area contributed by atoms with Gasteiger partial charge in [0.05, 0.1) is 26.4 Å². The Bertz CT molecular complexity index is 413. The normalized spacial score (nSPS) is 23.2. The number of benzene rings is 1. The van der Waals surface area contributed by atoms with E-state index < -0.39 is 6.10 Å². The highest BCUT2D eigenvalue weighted by molar-refractivity contribution is 5.26. The molecule has 0 heterocycles. The van der Waals surface area contributed by atoms with E-state index in [-0.39, 0.29) is 0 Å². The van der Waals surface area contributed by atoms with Crippen LogP contribution < -0.4 is 10.1 Å². The van der Waals surface area contributed by atoms with Gasteiger partial charge >= 0.3 is 0 Å². The molecular formula is C18H29NO3. The van der Waals surface area contributed by atoms with Crippen LogP contribution in [-0.2, 0) is 11.3 Å². The van der Waals surface area contributed by atoms with Crippen molar-refractivity contribution < 1.29 is 14.6 Å². The summed E-state index contributed by atoms with van der Waals surface area (Å²) in [7, 11) is 1.65. The highest BCUT2D eigenvalue weighted by Gasteiger charge is 2.18. The summed E-state index contributed by atoms with van der Waals surface area (Å²) in [5, 5.41) is 13.4. The maximum Gasteiger partial charge on any atom is 0.118 e. The summed E-state index contributed by atoms with van der Waals surface area (Å²) in [5.41, 5.74) is 1.09. The van der Waals surface area contributed by atoms with Crippen molar-refractivity contribution in [3.63, 3.8) is 0 Å². The zero-order valence-electron chi connectivity index (χ0n) is 13.8. The number of methoxy groups -OCH3 is 1. The number of ether oxygens (including phenoxy) is 2. The van der Waals surface area contributed by atoms with Gasteiger partial charge < -0.3 is 19.9 Å². The third-order valence-corrected chi connectivity index (χ3v) is 4.40. The Labute approximate surface area is 133 Å². The summed E-state index contributed by atoms with van der Waals surface area (Å²) < 4.78 is 10.7. The predicted octanol–water partition coefficient (Wildman–Crippen LogP) is 2.74. The van der Waals surface area contributed by atoms with Crippen molar-refractivity contribution in [2.24, 2.45) is 5.92 Å². The van der Waals surface area contributed by atoms with Gasteiger partial charge in [-0.1, -0.05) is 19.1 Å². The van der Waals surface area contributed by atoms with E-state index in [4.69, 9.17) is 9.47 Å². The molecule has 1 atom stereocenters. The number of hydrogen-bond donors (Lipinski definition) is 2. The third-order valence-electron chi connectivity index (χ3n) is 4.40. The van der Waals surface area contributed by atoms with Crippen LogP contribution in [0.3, 0.4) is 0 Å². The van der Waals surface area contributed by atoms with E-state index >= 15 is 0 Å². The van der Waals surface area contributed by atoms with Gasteiger partial charge in [-0.25, -0.2) is 0 Å². The summed E-state index contributed by atoms with van der Waals surface area (Å²) in [5.74, 6) is 1.70. The molecule has 0 unspecified atom stereocenters. The van der Waals surface area contributed by atoms with Crippen LogP contribution in [0.1, 0.15) is 38.2 Å². The summed E-state index contributed by atoms with van der Waals surface area (Å²) in [4.78, 5) is 0. The van der Waals surface area contributed by atoms with Crippen LogP contribution in [0.25, 0.3) is 0 Å². The lowest BCUT2D eigenvalue weighted by Gasteiger charge is -2.27. The van der Waals surface area contributed by atoms with Crippen molar-refractivity contribution in [2.75, 3.05) is 20.3 Å². The highest BCUT2D eigenvalue weighted by atomic mass is 16.5. The van der Waals surface area contributed by atoms with Gasteiger partial charge in [-0.05, 0) is 49.3 Å². The first-order valence-corrected chi connectivity index (χ1v) is 8.29. The van der Waals surface area contributed by atoms with Crippen molar-refractivity contribution >= 4 is 0 Å². The second-order valence-electron chi connectivity index (χ2n) is 6.38. The molecule has 0 aromatic heterocycles. The largest absolute Gasteiger partial charge is 0.497 e. The van der Waals surface area contributed by atoms with Gasteiger partial charge in [-0.15, -0.1) is 0 Å². The number of aliphatic hydroxyl groups is 1. The number of aliphatic hydroxyl groups excluding tert-OH is 1. The molecule has 2 N–H and O–H groups in total. The first-order chi connectivity index (χ1) is 10.7. The topological polar surface area (TPSA) is 50.7 Å². The number of nitrogens with one attached hydrogen (secondary N) is 1. The van der Waals surface area contributed by atoms with Gasteiger partial charge in [0, 0.05) is 12.6 Å². The van der Waals surface area contributed by atoms with Gasteiger partial charge in [-0.3, -0.25) is 0 Å². The Kier molecular flexibility index (Phi) is 7.16. The van der Waals surface area contributed by atoms with Gasteiger partial charge in [-0.2, -0.15) is 0 Å². The quantitative estimate of drug-likeness (QED) is 0.775. The lowest BCUT2D eigenvalue weighted by atomic mass is 9.87. The predicted molar refractivity (Wildman–Crippen MR) is 88.1 cm³/mol. The monoisotopic (exact) mass is 307 g/mol. The Morgan fingerprint density at radius 2 is 1.86 bits per heavy atom. The van der Waals surface area contributed by atoms with Gasteiger partial charge in [0.25, 0.3) is 0 Å². The minimum atomic E-state index is -0.447. The van der Waals surface area contributed by atoms with Crippen LogP contribution in [0.5, 0.6) is 5.75 Å². The Morgan fingerprint density at radius 3 is 2.50 bits per heavy atom. The van der Waals surface area contributed by atoms with E-state index in [0.717, 1.165) is 17.2 Å².